The Morgan fingerprint density at radius 2 is 1.77 bits per heavy atom. The van der Waals surface area contributed by atoms with Gasteiger partial charge in [0.1, 0.15) is 0 Å². The van der Waals surface area contributed by atoms with E-state index in [0.29, 0.717) is 12.0 Å². The Morgan fingerprint density at radius 1 is 1.15 bits per heavy atom. The van der Waals surface area contributed by atoms with Crippen LogP contribution in [0.1, 0.15) is 26.3 Å². The summed E-state index contributed by atoms with van der Waals surface area (Å²) < 4.78 is 25.9. The van der Waals surface area contributed by atoms with Crippen molar-refractivity contribution in [3.05, 3.63) is 35.4 Å². The van der Waals surface area contributed by atoms with Crippen molar-refractivity contribution in [2.75, 3.05) is 0 Å². The quantitative estimate of drug-likeness (QED) is 0.626. The first-order valence-electron chi connectivity index (χ1n) is 4.33. The lowest BCUT2D eigenvalue weighted by Crippen LogP contribution is -2.11. The Balaban J connectivity index is 2.96. The van der Waals surface area contributed by atoms with Gasteiger partial charge in [0.05, 0.1) is 0 Å². The van der Waals surface area contributed by atoms with Gasteiger partial charge in [-0.3, -0.25) is 0 Å². The molecule has 0 amide bonds. The van der Waals surface area contributed by atoms with Gasteiger partial charge in [0.2, 0.25) is 0 Å². The zero-order valence-electron chi connectivity index (χ0n) is 8.20. The second-order valence-corrected chi connectivity index (χ2v) is 4.45. The Morgan fingerprint density at radius 3 is 2.31 bits per heavy atom. The summed E-state index contributed by atoms with van der Waals surface area (Å²) >= 11 is 0. The normalized spacial score (nSPS) is 11.8. The molecule has 1 rings (SSSR count). The molecule has 0 atom stereocenters. The Hall–Kier alpha value is -0.920. The van der Waals surface area contributed by atoms with Gasteiger partial charge in [-0.2, -0.15) is 0 Å². The molecule has 0 unspecified atom stereocenters. The van der Waals surface area contributed by atoms with Crippen LogP contribution in [-0.4, -0.2) is 0 Å². The van der Waals surface area contributed by atoms with E-state index in [2.05, 4.69) is 0 Å². The average molecular weight is 184 g/mol. The van der Waals surface area contributed by atoms with Crippen LogP contribution in [-0.2, 0) is 6.42 Å². The molecule has 0 saturated carbocycles. The maximum atomic E-state index is 13.2. The Bertz CT molecular complexity index is 297. The molecule has 0 aliphatic carbocycles. The first-order valence-corrected chi connectivity index (χ1v) is 4.33. The molecule has 72 valence electrons. The molecule has 0 heterocycles. The lowest BCUT2D eigenvalue weighted by atomic mass is 9.88. The summed E-state index contributed by atoms with van der Waals surface area (Å²) in [6, 6.07) is 4.31. The van der Waals surface area contributed by atoms with Crippen LogP contribution < -0.4 is 0 Å². The van der Waals surface area contributed by atoms with Gasteiger partial charge in [-0.25, -0.2) is 8.78 Å². The standard InChI is InChI=1S/C11H14F2/c1-11(2,3)7-8-5-4-6-9(12)10(8)13/h4-6H,7H2,1-3H3. The fourth-order valence-corrected chi connectivity index (χ4v) is 1.26. The van der Waals surface area contributed by atoms with Crippen LogP contribution in [0.5, 0.6) is 0 Å². The third kappa shape index (κ3) is 2.79. The van der Waals surface area contributed by atoms with Crippen molar-refractivity contribution >= 4 is 0 Å². The van der Waals surface area contributed by atoms with Gasteiger partial charge in [0.25, 0.3) is 0 Å². The summed E-state index contributed by atoms with van der Waals surface area (Å²) in [4.78, 5) is 0. The highest BCUT2D eigenvalue weighted by molar-refractivity contribution is 5.19. The van der Waals surface area contributed by atoms with Crippen molar-refractivity contribution < 1.29 is 8.78 Å². The minimum atomic E-state index is -0.762. The first-order chi connectivity index (χ1) is 5.90. The van der Waals surface area contributed by atoms with Gasteiger partial charge >= 0.3 is 0 Å². The molecule has 2 heteroatoms. The van der Waals surface area contributed by atoms with E-state index in [9.17, 15) is 8.78 Å². The molecule has 0 nitrogen and oxygen atoms in total. The largest absolute Gasteiger partial charge is 0.204 e. The molecule has 0 radical (unpaired) electrons. The van der Waals surface area contributed by atoms with Gasteiger partial charge in [-0.15, -0.1) is 0 Å². The summed E-state index contributed by atoms with van der Waals surface area (Å²) in [6.07, 6.45) is 0.552. The first kappa shape index (κ1) is 10.2. The van der Waals surface area contributed by atoms with E-state index in [0.717, 1.165) is 6.07 Å². The number of benzene rings is 1. The third-order valence-corrected chi connectivity index (χ3v) is 1.75. The number of hydrogen-bond donors (Lipinski definition) is 0. The Labute approximate surface area is 77.6 Å². The molecule has 0 aliphatic heterocycles. The van der Waals surface area contributed by atoms with E-state index < -0.39 is 11.6 Å². The lowest BCUT2D eigenvalue weighted by Gasteiger charge is -2.18. The topological polar surface area (TPSA) is 0 Å². The lowest BCUT2D eigenvalue weighted by molar-refractivity contribution is 0.395. The van der Waals surface area contributed by atoms with Crippen molar-refractivity contribution in [2.24, 2.45) is 5.41 Å². The zero-order chi connectivity index (χ0) is 10.1. The van der Waals surface area contributed by atoms with Gasteiger partial charge in [0, 0.05) is 0 Å². The van der Waals surface area contributed by atoms with Crippen LogP contribution in [0.15, 0.2) is 18.2 Å². The molecule has 0 bridgehead atoms. The molecule has 0 aliphatic rings. The molecule has 0 spiro atoms. The van der Waals surface area contributed by atoms with Crippen molar-refractivity contribution in [3.8, 4) is 0 Å². The Kier molecular flexibility index (Phi) is 2.69. The minimum Gasteiger partial charge on any atom is -0.204 e. The monoisotopic (exact) mass is 184 g/mol. The third-order valence-electron chi connectivity index (χ3n) is 1.75. The molecule has 1 aromatic carbocycles. The zero-order valence-corrected chi connectivity index (χ0v) is 8.20. The van der Waals surface area contributed by atoms with Crippen molar-refractivity contribution in [3.63, 3.8) is 0 Å². The second kappa shape index (κ2) is 3.44. The fourth-order valence-electron chi connectivity index (χ4n) is 1.26. The van der Waals surface area contributed by atoms with E-state index in [1.807, 2.05) is 20.8 Å². The minimum absolute atomic E-state index is 0.0192. The van der Waals surface area contributed by atoms with E-state index in [4.69, 9.17) is 0 Å². The number of rotatable bonds is 1. The summed E-state index contributed by atoms with van der Waals surface area (Å²) in [5.74, 6) is -1.47. The molecule has 13 heavy (non-hydrogen) atoms. The van der Waals surface area contributed by atoms with Crippen LogP contribution in [0.3, 0.4) is 0 Å². The molecule has 1 aromatic rings. The molecule has 0 fully saturated rings. The van der Waals surface area contributed by atoms with E-state index in [1.165, 1.54) is 0 Å². The predicted molar refractivity (Wildman–Crippen MR) is 49.5 cm³/mol. The van der Waals surface area contributed by atoms with Crippen LogP contribution >= 0.6 is 0 Å². The van der Waals surface area contributed by atoms with Gasteiger partial charge in [-0.05, 0) is 23.5 Å². The van der Waals surface area contributed by atoms with Crippen molar-refractivity contribution in [1.82, 2.24) is 0 Å². The summed E-state index contributed by atoms with van der Waals surface area (Å²) in [5, 5.41) is 0. The van der Waals surface area contributed by atoms with E-state index >= 15 is 0 Å². The second-order valence-electron chi connectivity index (χ2n) is 4.45. The van der Waals surface area contributed by atoms with Crippen molar-refractivity contribution in [2.45, 2.75) is 27.2 Å². The predicted octanol–water partition coefficient (Wildman–Crippen LogP) is 3.55. The molecule has 0 N–H and O–H groups in total. The van der Waals surface area contributed by atoms with Crippen LogP contribution in [0.2, 0.25) is 0 Å². The van der Waals surface area contributed by atoms with Gasteiger partial charge < -0.3 is 0 Å². The highest BCUT2D eigenvalue weighted by Crippen LogP contribution is 2.23. The molecular formula is C11H14F2. The van der Waals surface area contributed by atoms with Crippen LogP contribution in [0, 0.1) is 17.0 Å². The fraction of sp³-hybridized carbons (Fsp3) is 0.455. The highest BCUT2D eigenvalue weighted by atomic mass is 19.2. The van der Waals surface area contributed by atoms with E-state index in [-0.39, 0.29) is 5.41 Å². The molecular weight excluding hydrogens is 170 g/mol. The summed E-state index contributed by atoms with van der Waals surface area (Å²) in [5.41, 5.74) is 0.432. The van der Waals surface area contributed by atoms with Gasteiger partial charge in [-0.1, -0.05) is 32.9 Å². The SMILES string of the molecule is CC(C)(C)Cc1cccc(F)c1F. The van der Waals surface area contributed by atoms with Crippen LogP contribution in [0.25, 0.3) is 0 Å². The number of halogens is 2. The maximum absolute atomic E-state index is 13.2. The summed E-state index contributed by atoms with van der Waals surface area (Å²) in [6.45, 7) is 5.99. The average Bonchev–Trinajstić information content (AvgIpc) is 1.96. The van der Waals surface area contributed by atoms with E-state index in [1.54, 1.807) is 12.1 Å². The van der Waals surface area contributed by atoms with Crippen molar-refractivity contribution in [1.29, 1.82) is 0 Å². The summed E-state index contributed by atoms with van der Waals surface area (Å²) in [7, 11) is 0. The van der Waals surface area contributed by atoms with Gasteiger partial charge in [0.15, 0.2) is 11.6 Å². The van der Waals surface area contributed by atoms with Crippen LogP contribution in [0.4, 0.5) is 8.78 Å². The smallest absolute Gasteiger partial charge is 0.162 e. The maximum Gasteiger partial charge on any atom is 0.162 e. The molecule has 0 aromatic heterocycles. The molecule has 0 saturated heterocycles. The highest BCUT2D eigenvalue weighted by Gasteiger charge is 2.15. The number of hydrogen-bond acceptors (Lipinski definition) is 0.